The summed E-state index contributed by atoms with van der Waals surface area (Å²) in [5.74, 6) is -0.111. The molecule has 2 amide bonds. The standard InChI is InChI=1S/C23H29N3O2/c1-4-5-10-23(28)26(17(2)3)19-14-11-18(12-15-19)13-16-22(27)25-21-9-7-6-8-20(21)24/h6-9,11-17H,4-5,10,24H2,1-3H3,(H,25,27). The molecule has 2 aromatic carbocycles. The highest BCUT2D eigenvalue weighted by Gasteiger charge is 2.18. The van der Waals surface area contributed by atoms with E-state index in [0.29, 0.717) is 17.8 Å². The van der Waals surface area contributed by atoms with Gasteiger partial charge < -0.3 is 16.0 Å². The van der Waals surface area contributed by atoms with Crippen LogP contribution in [0.15, 0.2) is 54.6 Å². The van der Waals surface area contributed by atoms with Crippen molar-refractivity contribution in [2.75, 3.05) is 16.0 Å². The Morgan fingerprint density at radius 1 is 1.11 bits per heavy atom. The van der Waals surface area contributed by atoms with Gasteiger partial charge in [0.25, 0.3) is 0 Å². The highest BCUT2D eigenvalue weighted by Crippen LogP contribution is 2.21. The first-order valence-corrected chi connectivity index (χ1v) is 9.68. The van der Waals surface area contributed by atoms with Gasteiger partial charge in [-0.1, -0.05) is 37.6 Å². The van der Waals surface area contributed by atoms with E-state index in [1.807, 2.05) is 55.1 Å². The predicted octanol–water partition coefficient (Wildman–Crippen LogP) is 4.85. The molecule has 0 spiro atoms. The van der Waals surface area contributed by atoms with Gasteiger partial charge in [-0.2, -0.15) is 0 Å². The van der Waals surface area contributed by atoms with Crippen molar-refractivity contribution >= 4 is 35.0 Å². The second-order valence-corrected chi connectivity index (χ2v) is 6.96. The minimum atomic E-state index is -0.250. The number of carbonyl (C=O) groups excluding carboxylic acids is 2. The summed E-state index contributed by atoms with van der Waals surface area (Å²) in [6.07, 6.45) is 5.64. The third-order valence-electron chi connectivity index (χ3n) is 4.35. The van der Waals surface area contributed by atoms with Crippen LogP contribution in [0.5, 0.6) is 0 Å². The number of anilines is 3. The lowest BCUT2D eigenvalue weighted by molar-refractivity contribution is -0.119. The molecule has 0 aliphatic heterocycles. The maximum atomic E-state index is 12.5. The molecule has 0 bridgehead atoms. The minimum Gasteiger partial charge on any atom is -0.397 e. The molecule has 0 fully saturated rings. The lowest BCUT2D eigenvalue weighted by atomic mass is 10.1. The van der Waals surface area contributed by atoms with E-state index in [2.05, 4.69) is 12.2 Å². The van der Waals surface area contributed by atoms with Crippen LogP contribution in [0.3, 0.4) is 0 Å². The minimum absolute atomic E-state index is 0.0906. The van der Waals surface area contributed by atoms with Crippen molar-refractivity contribution in [3.63, 3.8) is 0 Å². The molecule has 0 radical (unpaired) electrons. The topological polar surface area (TPSA) is 75.4 Å². The van der Waals surface area contributed by atoms with Gasteiger partial charge >= 0.3 is 0 Å². The number of nitrogens with one attached hydrogen (secondary N) is 1. The largest absolute Gasteiger partial charge is 0.397 e. The van der Waals surface area contributed by atoms with Crippen molar-refractivity contribution < 1.29 is 9.59 Å². The summed E-state index contributed by atoms with van der Waals surface area (Å²) in [7, 11) is 0. The van der Waals surface area contributed by atoms with E-state index in [-0.39, 0.29) is 17.9 Å². The van der Waals surface area contributed by atoms with Crippen LogP contribution in [0.2, 0.25) is 0 Å². The summed E-state index contributed by atoms with van der Waals surface area (Å²) < 4.78 is 0. The van der Waals surface area contributed by atoms with Crippen LogP contribution in [0, 0.1) is 0 Å². The number of nitrogen functional groups attached to an aromatic ring is 1. The van der Waals surface area contributed by atoms with Crippen LogP contribution in [0.4, 0.5) is 17.1 Å². The molecule has 0 atom stereocenters. The van der Waals surface area contributed by atoms with Crippen LogP contribution in [-0.2, 0) is 9.59 Å². The number of nitrogens with zero attached hydrogens (tertiary/aromatic N) is 1. The van der Waals surface area contributed by atoms with Gasteiger partial charge in [0.2, 0.25) is 11.8 Å². The van der Waals surface area contributed by atoms with Gasteiger partial charge in [0.1, 0.15) is 0 Å². The van der Waals surface area contributed by atoms with E-state index in [1.165, 1.54) is 6.08 Å². The quantitative estimate of drug-likeness (QED) is 0.508. The summed E-state index contributed by atoms with van der Waals surface area (Å²) in [4.78, 5) is 26.4. The molecule has 0 aliphatic carbocycles. The molecule has 0 saturated carbocycles. The number of unbranched alkanes of at least 4 members (excludes halogenated alkanes) is 1. The number of para-hydroxylation sites is 2. The van der Waals surface area contributed by atoms with Crippen molar-refractivity contribution in [1.29, 1.82) is 0 Å². The first-order valence-electron chi connectivity index (χ1n) is 9.68. The van der Waals surface area contributed by atoms with Crippen LogP contribution in [0.25, 0.3) is 6.08 Å². The molecule has 0 aromatic heterocycles. The molecule has 0 unspecified atom stereocenters. The van der Waals surface area contributed by atoms with Crippen LogP contribution in [-0.4, -0.2) is 17.9 Å². The van der Waals surface area contributed by atoms with E-state index in [4.69, 9.17) is 5.73 Å². The zero-order valence-corrected chi connectivity index (χ0v) is 16.8. The molecule has 0 aliphatic rings. The maximum Gasteiger partial charge on any atom is 0.248 e. The van der Waals surface area contributed by atoms with Gasteiger partial charge in [0.05, 0.1) is 11.4 Å². The zero-order chi connectivity index (χ0) is 20.5. The summed E-state index contributed by atoms with van der Waals surface area (Å²) in [6.45, 7) is 6.10. The molecule has 148 valence electrons. The number of rotatable bonds is 8. The van der Waals surface area contributed by atoms with Gasteiger partial charge in [-0.05, 0) is 56.2 Å². The fraction of sp³-hybridized carbons (Fsp3) is 0.304. The first-order chi connectivity index (χ1) is 13.4. The number of carbonyl (C=O) groups is 2. The SMILES string of the molecule is CCCCC(=O)N(c1ccc(C=CC(=O)Nc2ccccc2N)cc1)C(C)C. The number of hydrogen-bond donors (Lipinski definition) is 2. The van der Waals surface area contributed by atoms with Gasteiger partial charge in [0, 0.05) is 24.2 Å². The highest BCUT2D eigenvalue weighted by atomic mass is 16.2. The van der Waals surface area contributed by atoms with Crippen LogP contribution >= 0.6 is 0 Å². The molecule has 5 heteroatoms. The molecule has 3 N–H and O–H groups in total. The van der Waals surface area contributed by atoms with Crippen LogP contribution in [0.1, 0.15) is 45.6 Å². The molecule has 2 rings (SSSR count). The number of benzene rings is 2. The van der Waals surface area contributed by atoms with E-state index in [9.17, 15) is 9.59 Å². The van der Waals surface area contributed by atoms with E-state index in [1.54, 1.807) is 18.2 Å². The first kappa shape index (κ1) is 21.2. The molecule has 0 saturated heterocycles. The van der Waals surface area contributed by atoms with Crippen molar-refractivity contribution in [3.8, 4) is 0 Å². The second kappa shape index (κ2) is 10.3. The van der Waals surface area contributed by atoms with E-state index in [0.717, 1.165) is 24.1 Å². The van der Waals surface area contributed by atoms with Gasteiger partial charge in [-0.25, -0.2) is 0 Å². The Hall–Kier alpha value is -3.08. The van der Waals surface area contributed by atoms with Gasteiger partial charge in [-0.15, -0.1) is 0 Å². The fourth-order valence-electron chi connectivity index (χ4n) is 2.88. The van der Waals surface area contributed by atoms with Gasteiger partial charge in [-0.3, -0.25) is 9.59 Å². The Labute approximate surface area is 167 Å². The van der Waals surface area contributed by atoms with Gasteiger partial charge in [0.15, 0.2) is 0 Å². The summed E-state index contributed by atoms with van der Waals surface area (Å²) in [5.41, 5.74) is 8.69. The average Bonchev–Trinajstić information content (AvgIpc) is 2.67. The normalized spacial score (nSPS) is 11.0. The molecule has 28 heavy (non-hydrogen) atoms. The summed E-state index contributed by atoms with van der Waals surface area (Å²) >= 11 is 0. The molecule has 0 heterocycles. The van der Waals surface area contributed by atoms with E-state index < -0.39 is 0 Å². The third-order valence-corrected chi connectivity index (χ3v) is 4.35. The smallest absolute Gasteiger partial charge is 0.248 e. The average molecular weight is 380 g/mol. The highest BCUT2D eigenvalue weighted by molar-refractivity contribution is 6.03. The number of amides is 2. The predicted molar refractivity (Wildman–Crippen MR) is 117 cm³/mol. The van der Waals surface area contributed by atoms with Crippen LogP contribution < -0.4 is 16.0 Å². The zero-order valence-electron chi connectivity index (χ0n) is 16.8. The van der Waals surface area contributed by atoms with Crippen molar-refractivity contribution in [2.45, 2.75) is 46.1 Å². The monoisotopic (exact) mass is 379 g/mol. The lowest BCUT2D eigenvalue weighted by Gasteiger charge is -2.27. The Bertz CT molecular complexity index is 826. The Balaban J connectivity index is 2.04. The molecular weight excluding hydrogens is 350 g/mol. The lowest BCUT2D eigenvalue weighted by Crippen LogP contribution is -2.36. The Morgan fingerprint density at radius 3 is 2.39 bits per heavy atom. The number of hydrogen-bond acceptors (Lipinski definition) is 3. The summed E-state index contributed by atoms with van der Waals surface area (Å²) in [5, 5.41) is 2.76. The fourth-order valence-corrected chi connectivity index (χ4v) is 2.88. The number of nitrogens with two attached hydrogens (primary N) is 1. The Morgan fingerprint density at radius 2 is 1.79 bits per heavy atom. The van der Waals surface area contributed by atoms with Crippen molar-refractivity contribution in [1.82, 2.24) is 0 Å². The molecule has 5 nitrogen and oxygen atoms in total. The second-order valence-electron chi connectivity index (χ2n) is 6.96. The third kappa shape index (κ3) is 5.98. The Kier molecular flexibility index (Phi) is 7.81. The van der Waals surface area contributed by atoms with Crippen molar-refractivity contribution in [3.05, 3.63) is 60.2 Å². The van der Waals surface area contributed by atoms with Crippen molar-refractivity contribution in [2.24, 2.45) is 0 Å². The maximum absolute atomic E-state index is 12.5. The van der Waals surface area contributed by atoms with E-state index >= 15 is 0 Å². The summed E-state index contributed by atoms with van der Waals surface area (Å²) in [6, 6.07) is 14.8. The molecular formula is C23H29N3O2. The molecule has 2 aromatic rings.